The number of nitrogens with zero attached hydrogens (tertiary/aromatic N) is 3. The number of carbonyl (C=O) groups is 1. The van der Waals surface area contributed by atoms with Crippen LogP contribution in [0, 0.1) is 12.8 Å². The van der Waals surface area contributed by atoms with Crippen LogP contribution in [-0.4, -0.2) is 32.2 Å². The fraction of sp³-hybridized carbons (Fsp3) is 0.375. The Labute approximate surface area is 194 Å². The number of aryl methyl sites for hydroxylation is 1. The summed E-state index contributed by atoms with van der Waals surface area (Å²) in [5.74, 6) is -0.156. The highest BCUT2D eigenvalue weighted by Crippen LogP contribution is 2.30. The van der Waals surface area contributed by atoms with Gasteiger partial charge in [0.25, 0.3) is 0 Å². The third kappa shape index (κ3) is 6.57. The second-order valence-corrected chi connectivity index (χ2v) is 7.78. The van der Waals surface area contributed by atoms with Gasteiger partial charge in [0.05, 0.1) is 13.2 Å². The number of hydrogen-bond acceptors (Lipinski definition) is 4. The molecule has 1 atom stereocenters. The van der Waals surface area contributed by atoms with Gasteiger partial charge in [-0.05, 0) is 43.8 Å². The number of pyridine rings is 1. The molecule has 0 bridgehead atoms. The SMILES string of the molecule is [2H]C([2H])([2H])c1cnc(-c2ccc(C(F)(F)F)nc2)n1Cc1ccccc1OCCCC(C)CC(=O)O. The lowest BCUT2D eigenvalue weighted by Crippen LogP contribution is -2.09. The summed E-state index contributed by atoms with van der Waals surface area (Å²) in [7, 11) is 0. The number of halogens is 3. The first-order chi connectivity index (χ1) is 16.9. The van der Waals surface area contributed by atoms with Gasteiger partial charge in [0.2, 0.25) is 0 Å². The Bertz CT molecular complexity index is 1180. The van der Waals surface area contributed by atoms with Crippen LogP contribution in [0.1, 0.15) is 47.2 Å². The molecule has 0 fully saturated rings. The maximum Gasteiger partial charge on any atom is 0.433 e. The van der Waals surface area contributed by atoms with Crippen LogP contribution in [0.5, 0.6) is 5.75 Å². The lowest BCUT2D eigenvalue weighted by atomic mass is 10.0. The molecule has 3 aromatic rings. The molecule has 2 heterocycles. The normalized spacial score (nSPS) is 14.2. The summed E-state index contributed by atoms with van der Waals surface area (Å²) in [5.41, 5.74) is -0.239. The molecule has 1 N–H and O–H groups in total. The molecule has 0 spiro atoms. The Kier molecular flexibility index (Phi) is 6.45. The lowest BCUT2D eigenvalue weighted by Gasteiger charge is -2.15. The standard InChI is InChI=1S/C24H26F3N3O3/c1-16(12-22(31)32)6-5-11-33-20-8-4-3-7-19(20)15-30-17(2)13-29-23(30)18-9-10-21(28-14-18)24(25,26)27/h3-4,7-10,13-14,16H,5-6,11-12,15H2,1-2H3,(H,31,32)/i2D3. The van der Waals surface area contributed by atoms with E-state index in [1.54, 1.807) is 24.3 Å². The van der Waals surface area contributed by atoms with Gasteiger partial charge < -0.3 is 14.4 Å². The van der Waals surface area contributed by atoms with Crippen molar-refractivity contribution >= 4 is 5.97 Å². The topological polar surface area (TPSA) is 77.2 Å². The maximum atomic E-state index is 12.9. The fourth-order valence-electron chi connectivity index (χ4n) is 3.42. The number of carboxylic acid groups (broad SMARTS) is 1. The van der Waals surface area contributed by atoms with Crippen molar-refractivity contribution in [2.75, 3.05) is 6.61 Å². The van der Waals surface area contributed by atoms with Gasteiger partial charge in [0.1, 0.15) is 17.3 Å². The Morgan fingerprint density at radius 1 is 1.21 bits per heavy atom. The number of benzene rings is 1. The number of rotatable bonds is 10. The molecular weight excluding hydrogens is 435 g/mol. The molecule has 0 radical (unpaired) electrons. The molecule has 6 nitrogen and oxygen atoms in total. The highest BCUT2D eigenvalue weighted by molar-refractivity contribution is 5.66. The predicted octanol–water partition coefficient (Wildman–Crippen LogP) is 5.59. The van der Waals surface area contributed by atoms with E-state index in [4.69, 9.17) is 14.0 Å². The number of aromatic nitrogens is 3. The van der Waals surface area contributed by atoms with Gasteiger partial charge in [0, 0.05) is 39.7 Å². The average molecular weight is 465 g/mol. The van der Waals surface area contributed by atoms with Crippen LogP contribution >= 0.6 is 0 Å². The van der Waals surface area contributed by atoms with E-state index in [-0.39, 0.29) is 36.0 Å². The first-order valence-corrected chi connectivity index (χ1v) is 10.4. The number of aliphatic carboxylic acids is 1. The number of carboxylic acids is 1. The third-order valence-corrected chi connectivity index (χ3v) is 5.09. The molecule has 1 aromatic carbocycles. The fourth-order valence-corrected chi connectivity index (χ4v) is 3.42. The van der Waals surface area contributed by atoms with Crippen LogP contribution in [-0.2, 0) is 17.5 Å². The maximum absolute atomic E-state index is 12.9. The van der Waals surface area contributed by atoms with Crippen LogP contribution < -0.4 is 4.74 Å². The van der Waals surface area contributed by atoms with Crippen molar-refractivity contribution in [2.24, 2.45) is 5.92 Å². The van der Waals surface area contributed by atoms with Crippen LogP contribution in [0.25, 0.3) is 11.4 Å². The van der Waals surface area contributed by atoms with Crippen LogP contribution in [0.4, 0.5) is 13.2 Å². The molecule has 1 unspecified atom stereocenters. The van der Waals surface area contributed by atoms with Gasteiger partial charge >= 0.3 is 12.1 Å². The number of para-hydroxylation sites is 1. The Hall–Kier alpha value is -3.36. The minimum Gasteiger partial charge on any atom is -0.493 e. The van der Waals surface area contributed by atoms with Gasteiger partial charge in [0.15, 0.2) is 0 Å². The Morgan fingerprint density at radius 3 is 2.67 bits per heavy atom. The van der Waals surface area contributed by atoms with E-state index in [0.29, 0.717) is 30.8 Å². The van der Waals surface area contributed by atoms with Crippen molar-refractivity contribution in [3.05, 3.63) is 65.7 Å². The highest BCUT2D eigenvalue weighted by Gasteiger charge is 2.32. The summed E-state index contributed by atoms with van der Waals surface area (Å²) in [6.07, 6.45) is -1.00. The quantitative estimate of drug-likeness (QED) is 0.396. The van der Waals surface area contributed by atoms with E-state index in [2.05, 4.69) is 9.97 Å². The van der Waals surface area contributed by atoms with Crippen molar-refractivity contribution in [2.45, 2.75) is 45.8 Å². The van der Waals surface area contributed by atoms with E-state index in [1.807, 2.05) is 6.92 Å². The Balaban J connectivity index is 1.85. The monoisotopic (exact) mass is 464 g/mol. The summed E-state index contributed by atoms with van der Waals surface area (Å²) in [5, 5.41) is 8.88. The first-order valence-electron chi connectivity index (χ1n) is 11.9. The molecule has 33 heavy (non-hydrogen) atoms. The third-order valence-electron chi connectivity index (χ3n) is 5.09. The molecule has 2 aromatic heterocycles. The van der Waals surface area contributed by atoms with Crippen molar-refractivity contribution in [1.82, 2.24) is 14.5 Å². The number of ether oxygens (including phenoxy) is 1. The minimum atomic E-state index is -4.60. The Morgan fingerprint density at radius 2 is 2.00 bits per heavy atom. The summed E-state index contributed by atoms with van der Waals surface area (Å²) >= 11 is 0. The van der Waals surface area contributed by atoms with E-state index < -0.39 is 24.7 Å². The smallest absolute Gasteiger partial charge is 0.433 e. The van der Waals surface area contributed by atoms with Crippen LogP contribution in [0.2, 0.25) is 0 Å². The molecule has 3 rings (SSSR count). The largest absolute Gasteiger partial charge is 0.493 e. The predicted molar refractivity (Wildman–Crippen MR) is 117 cm³/mol. The van der Waals surface area contributed by atoms with E-state index in [0.717, 1.165) is 12.3 Å². The van der Waals surface area contributed by atoms with E-state index in [9.17, 15) is 18.0 Å². The minimum absolute atomic E-state index is 0.00837. The second kappa shape index (κ2) is 10.5. The van der Waals surface area contributed by atoms with Gasteiger partial charge in [-0.15, -0.1) is 0 Å². The second-order valence-electron chi connectivity index (χ2n) is 7.78. The molecule has 0 saturated heterocycles. The van der Waals surface area contributed by atoms with Gasteiger partial charge in [-0.1, -0.05) is 25.1 Å². The van der Waals surface area contributed by atoms with Crippen molar-refractivity contribution < 1.29 is 31.9 Å². The van der Waals surface area contributed by atoms with Gasteiger partial charge in [-0.2, -0.15) is 13.2 Å². The molecule has 0 aliphatic heterocycles. The van der Waals surface area contributed by atoms with E-state index >= 15 is 0 Å². The zero-order chi connectivity index (χ0) is 26.5. The van der Waals surface area contributed by atoms with Crippen molar-refractivity contribution in [1.29, 1.82) is 0 Å². The first kappa shape index (κ1) is 20.3. The number of alkyl halides is 3. The molecule has 9 heteroatoms. The highest BCUT2D eigenvalue weighted by atomic mass is 19.4. The average Bonchev–Trinajstić information content (AvgIpc) is 3.21. The van der Waals surface area contributed by atoms with Gasteiger partial charge in [-0.3, -0.25) is 9.78 Å². The molecule has 176 valence electrons. The molecule has 0 amide bonds. The van der Waals surface area contributed by atoms with Crippen molar-refractivity contribution in [3.63, 3.8) is 0 Å². The number of hydrogen-bond donors (Lipinski definition) is 1. The summed E-state index contributed by atoms with van der Waals surface area (Å²) in [6, 6.07) is 9.07. The summed E-state index contributed by atoms with van der Waals surface area (Å²) < 4.78 is 69.8. The van der Waals surface area contributed by atoms with Gasteiger partial charge in [-0.25, -0.2) is 4.98 Å². The summed E-state index contributed by atoms with van der Waals surface area (Å²) in [4.78, 5) is 18.5. The zero-order valence-corrected chi connectivity index (χ0v) is 18.0. The lowest BCUT2D eigenvalue weighted by molar-refractivity contribution is -0.141. The molecule has 0 aliphatic carbocycles. The zero-order valence-electron chi connectivity index (χ0n) is 21.0. The summed E-state index contributed by atoms with van der Waals surface area (Å²) in [6.45, 7) is -0.266. The van der Waals surface area contributed by atoms with Crippen LogP contribution in [0.15, 0.2) is 48.8 Å². The molecule has 0 aliphatic rings. The van der Waals surface area contributed by atoms with Crippen molar-refractivity contribution in [3.8, 4) is 17.1 Å². The number of imidazole rings is 1. The molecular formula is C24H26F3N3O3. The van der Waals surface area contributed by atoms with Crippen LogP contribution in [0.3, 0.4) is 0 Å². The van der Waals surface area contributed by atoms with E-state index in [1.165, 1.54) is 16.8 Å². The molecule has 0 saturated carbocycles.